The van der Waals surface area contributed by atoms with Crippen molar-refractivity contribution in [2.75, 3.05) is 13.1 Å². The van der Waals surface area contributed by atoms with E-state index in [9.17, 15) is 4.79 Å². The summed E-state index contributed by atoms with van der Waals surface area (Å²) in [5.41, 5.74) is 1.08. The van der Waals surface area contributed by atoms with Crippen molar-refractivity contribution in [3.63, 3.8) is 0 Å². The van der Waals surface area contributed by atoms with Crippen molar-refractivity contribution in [1.29, 1.82) is 0 Å². The lowest BCUT2D eigenvalue weighted by Crippen LogP contribution is -2.38. The van der Waals surface area contributed by atoms with Gasteiger partial charge in [0.2, 0.25) is 17.7 Å². The van der Waals surface area contributed by atoms with Gasteiger partial charge >= 0.3 is 0 Å². The minimum atomic E-state index is 0.210. The van der Waals surface area contributed by atoms with E-state index in [4.69, 9.17) is 4.42 Å². The third-order valence-corrected chi connectivity index (χ3v) is 6.25. The van der Waals surface area contributed by atoms with E-state index >= 15 is 0 Å². The molecule has 0 unspecified atom stereocenters. The van der Waals surface area contributed by atoms with Crippen molar-refractivity contribution in [1.82, 2.24) is 15.1 Å². The highest BCUT2D eigenvalue weighted by Gasteiger charge is 2.32. The molecular formula is C21H27N3O2S. The lowest BCUT2D eigenvalue weighted by molar-refractivity contribution is -0.131. The van der Waals surface area contributed by atoms with Crippen LogP contribution in [0.1, 0.15) is 68.7 Å². The Bertz CT molecular complexity index is 775. The maximum Gasteiger partial charge on any atom is 0.226 e. The van der Waals surface area contributed by atoms with Crippen molar-refractivity contribution in [3.8, 4) is 0 Å². The number of hydrogen-bond donors (Lipinski definition) is 0. The molecule has 0 bridgehead atoms. The first-order chi connectivity index (χ1) is 13.1. The molecule has 4 rings (SSSR count). The molecule has 1 aliphatic heterocycles. The molecule has 2 aliphatic rings. The summed E-state index contributed by atoms with van der Waals surface area (Å²) in [5.74, 6) is 2.58. The van der Waals surface area contributed by atoms with E-state index < -0.39 is 0 Å². The minimum absolute atomic E-state index is 0.210. The highest BCUT2D eigenvalue weighted by molar-refractivity contribution is 7.99. The number of rotatable bonds is 6. The number of piperidine rings is 1. The Morgan fingerprint density at radius 1 is 1.07 bits per heavy atom. The van der Waals surface area contributed by atoms with Crippen LogP contribution in [0.25, 0.3) is 0 Å². The smallest absolute Gasteiger partial charge is 0.226 e. The fraction of sp³-hybridized carbons (Fsp3) is 0.571. The first-order valence-corrected chi connectivity index (χ1v) is 10.8. The Kier molecular flexibility index (Phi) is 5.53. The van der Waals surface area contributed by atoms with Crippen LogP contribution in [0.15, 0.2) is 33.6 Å². The van der Waals surface area contributed by atoms with Gasteiger partial charge in [0.05, 0.1) is 6.42 Å². The summed E-state index contributed by atoms with van der Waals surface area (Å²) < 4.78 is 5.85. The predicted molar refractivity (Wildman–Crippen MR) is 106 cm³/mol. The molecule has 144 valence electrons. The molecule has 1 saturated carbocycles. The average molecular weight is 386 g/mol. The van der Waals surface area contributed by atoms with Crippen molar-refractivity contribution in [2.45, 2.75) is 67.9 Å². The largest absolute Gasteiger partial charge is 0.425 e. The third-order valence-electron chi connectivity index (χ3n) is 5.23. The van der Waals surface area contributed by atoms with Crippen LogP contribution in [0.2, 0.25) is 0 Å². The van der Waals surface area contributed by atoms with Gasteiger partial charge in [-0.1, -0.05) is 26.0 Å². The second-order valence-electron chi connectivity index (χ2n) is 7.90. The Balaban J connectivity index is 1.27. The second-order valence-corrected chi connectivity index (χ2v) is 9.55. The summed E-state index contributed by atoms with van der Waals surface area (Å²) in [7, 11) is 0. The maximum absolute atomic E-state index is 12.6. The third kappa shape index (κ3) is 4.72. The molecule has 0 spiro atoms. The van der Waals surface area contributed by atoms with Crippen LogP contribution in [0, 0.1) is 0 Å². The van der Waals surface area contributed by atoms with E-state index in [1.807, 2.05) is 16.7 Å². The standard InChI is InChI=1S/C21H27N3O2S/c1-14(2)27-18-7-3-15(4-8-18)13-19(25)24-11-9-17(10-12-24)21-23-22-20(26-21)16-5-6-16/h3-4,7-8,14,16-17H,5-6,9-13H2,1-2H3. The molecule has 1 aromatic carbocycles. The molecular weight excluding hydrogens is 358 g/mol. The lowest BCUT2D eigenvalue weighted by atomic mass is 9.96. The molecule has 2 heterocycles. The second kappa shape index (κ2) is 8.05. The van der Waals surface area contributed by atoms with Gasteiger partial charge in [-0.2, -0.15) is 0 Å². The van der Waals surface area contributed by atoms with Gasteiger partial charge in [-0.3, -0.25) is 4.79 Å². The van der Waals surface area contributed by atoms with E-state index in [0.29, 0.717) is 23.5 Å². The monoisotopic (exact) mass is 385 g/mol. The highest BCUT2D eigenvalue weighted by atomic mass is 32.2. The molecule has 6 heteroatoms. The molecule has 27 heavy (non-hydrogen) atoms. The van der Waals surface area contributed by atoms with E-state index in [-0.39, 0.29) is 5.91 Å². The number of amides is 1. The van der Waals surface area contributed by atoms with Crippen LogP contribution < -0.4 is 0 Å². The highest BCUT2D eigenvalue weighted by Crippen LogP contribution is 2.40. The van der Waals surface area contributed by atoms with Crippen LogP contribution in [-0.2, 0) is 11.2 Å². The Labute approximate surface area is 164 Å². The molecule has 1 saturated heterocycles. The summed E-state index contributed by atoms with van der Waals surface area (Å²) in [4.78, 5) is 15.9. The predicted octanol–water partition coefficient (Wildman–Crippen LogP) is 4.40. The van der Waals surface area contributed by atoms with Crippen molar-refractivity contribution < 1.29 is 9.21 Å². The number of carbonyl (C=O) groups excluding carboxylic acids is 1. The molecule has 1 aromatic heterocycles. The van der Waals surface area contributed by atoms with Gasteiger partial charge in [-0.05, 0) is 43.4 Å². The zero-order valence-electron chi connectivity index (χ0n) is 16.1. The van der Waals surface area contributed by atoms with Crippen molar-refractivity contribution >= 4 is 17.7 Å². The molecule has 0 N–H and O–H groups in total. The van der Waals surface area contributed by atoms with E-state index in [1.54, 1.807) is 0 Å². The zero-order chi connectivity index (χ0) is 18.8. The van der Waals surface area contributed by atoms with Gasteiger partial charge in [-0.25, -0.2) is 0 Å². The normalized spacial score (nSPS) is 18.3. The van der Waals surface area contributed by atoms with Gasteiger partial charge in [0.1, 0.15) is 0 Å². The summed E-state index contributed by atoms with van der Waals surface area (Å²) in [6.45, 7) is 5.91. The fourth-order valence-corrected chi connectivity index (χ4v) is 4.36. The van der Waals surface area contributed by atoms with E-state index in [0.717, 1.165) is 43.3 Å². The Hall–Kier alpha value is -1.82. The van der Waals surface area contributed by atoms with Gasteiger partial charge in [0, 0.05) is 35.1 Å². The molecule has 2 aromatic rings. The number of benzene rings is 1. The SMILES string of the molecule is CC(C)Sc1ccc(CC(=O)N2CCC(c3nnc(C4CC4)o3)CC2)cc1. The van der Waals surface area contributed by atoms with Gasteiger partial charge in [0.15, 0.2) is 0 Å². The van der Waals surface area contributed by atoms with Crippen molar-refractivity contribution in [2.24, 2.45) is 0 Å². The Morgan fingerprint density at radius 2 is 1.67 bits per heavy atom. The fourth-order valence-electron chi connectivity index (χ4n) is 3.53. The number of nitrogens with zero attached hydrogens (tertiary/aromatic N) is 3. The lowest BCUT2D eigenvalue weighted by Gasteiger charge is -2.30. The summed E-state index contributed by atoms with van der Waals surface area (Å²) in [6, 6.07) is 8.39. The molecule has 5 nitrogen and oxygen atoms in total. The summed E-state index contributed by atoms with van der Waals surface area (Å²) >= 11 is 1.84. The molecule has 1 aliphatic carbocycles. The van der Waals surface area contributed by atoms with Gasteiger partial charge in [-0.15, -0.1) is 22.0 Å². The van der Waals surface area contributed by atoms with Crippen LogP contribution in [0.4, 0.5) is 0 Å². The van der Waals surface area contributed by atoms with E-state index in [1.165, 1.54) is 17.7 Å². The molecule has 0 radical (unpaired) electrons. The van der Waals surface area contributed by atoms with Crippen LogP contribution >= 0.6 is 11.8 Å². The molecule has 1 amide bonds. The summed E-state index contributed by atoms with van der Waals surface area (Å²) in [5, 5.41) is 9.00. The Morgan fingerprint density at radius 3 is 2.22 bits per heavy atom. The topological polar surface area (TPSA) is 59.2 Å². The number of aromatic nitrogens is 2. The molecule has 0 atom stereocenters. The van der Waals surface area contributed by atoms with Crippen molar-refractivity contribution in [3.05, 3.63) is 41.6 Å². The number of likely N-dealkylation sites (tertiary alicyclic amines) is 1. The minimum Gasteiger partial charge on any atom is -0.425 e. The van der Waals surface area contributed by atoms with Crippen LogP contribution in [0.5, 0.6) is 0 Å². The van der Waals surface area contributed by atoms with Gasteiger partial charge < -0.3 is 9.32 Å². The maximum atomic E-state index is 12.6. The zero-order valence-corrected chi connectivity index (χ0v) is 16.9. The number of carbonyl (C=O) groups is 1. The quantitative estimate of drug-likeness (QED) is 0.690. The number of thioether (sulfide) groups is 1. The number of hydrogen-bond acceptors (Lipinski definition) is 5. The first kappa shape index (κ1) is 18.5. The van der Waals surface area contributed by atoms with Crippen LogP contribution in [-0.4, -0.2) is 39.3 Å². The average Bonchev–Trinajstić information content (AvgIpc) is 3.40. The van der Waals surface area contributed by atoms with E-state index in [2.05, 4.69) is 48.3 Å². The molecule has 2 fully saturated rings. The summed E-state index contributed by atoms with van der Waals surface area (Å²) in [6.07, 6.45) is 4.63. The first-order valence-electron chi connectivity index (χ1n) is 9.95. The van der Waals surface area contributed by atoms with Crippen LogP contribution in [0.3, 0.4) is 0 Å². The van der Waals surface area contributed by atoms with Gasteiger partial charge in [0.25, 0.3) is 0 Å².